The van der Waals surface area contributed by atoms with Crippen molar-refractivity contribution in [3.63, 3.8) is 0 Å². The highest BCUT2D eigenvalue weighted by Crippen LogP contribution is 2.25. The Bertz CT molecular complexity index is 1430. The maximum absolute atomic E-state index is 6.42. The number of nitrogens with one attached hydrogen (secondary N) is 2. The Kier molecular flexibility index (Phi) is 5.52. The number of aromatic amines is 1. The molecule has 3 aromatic carbocycles. The quantitative estimate of drug-likeness (QED) is 0.254. The molecule has 0 saturated heterocycles. The van der Waals surface area contributed by atoms with Gasteiger partial charge in [-0.05, 0) is 48.5 Å². The monoisotopic (exact) mass is 455 g/mol. The molecule has 5 rings (SSSR count). The number of hydrogen-bond acceptors (Lipinski definition) is 6. The molecule has 0 aliphatic heterocycles. The average Bonchev–Trinajstić information content (AvgIpc) is 3.28. The molecule has 0 bridgehead atoms. The maximum Gasteiger partial charge on any atom is 0.241 e. The van der Waals surface area contributed by atoms with Gasteiger partial charge in [-0.15, -0.1) is 0 Å². The third-order valence-electron chi connectivity index (χ3n) is 4.75. The van der Waals surface area contributed by atoms with Gasteiger partial charge in [-0.1, -0.05) is 35.9 Å². The average molecular weight is 456 g/mol. The van der Waals surface area contributed by atoms with Crippen molar-refractivity contribution in [2.24, 2.45) is 10.7 Å². The zero-order valence-corrected chi connectivity index (χ0v) is 18.0. The molecule has 0 unspecified atom stereocenters. The highest BCUT2D eigenvalue weighted by Gasteiger charge is 2.18. The van der Waals surface area contributed by atoms with Crippen LogP contribution in [-0.2, 0) is 0 Å². The number of anilines is 4. The molecule has 2 heterocycles. The van der Waals surface area contributed by atoms with Crippen molar-refractivity contribution < 1.29 is 0 Å². The number of rotatable bonds is 5. The lowest BCUT2D eigenvalue weighted by Gasteiger charge is -2.21. The number of nitrogens with two attached hydrogens (primary N) is 1. The van der Waals surface area contributed by atoms with Crippen LogP contribution in [0.15, 0.2) is 90.3 Å². The second-order valence-corrected chi connectivity index (χ2v) is 7.46. The summed E-state index contributed by atoms with van der Waals surface area (Å²) in [6, 6.07) is 22.4. The molecule has 0 atom stereocenters. The Morgan fingerprint density at radius 3 is 2.73 bits per heavy atom. The molecule has 0 saturated carbocycles. The first-order valence-corrected chi connectivity index (χ1v) is 10.4. The second-order valence-electron chi connectivity index (χ2n) is 7.03. The Labute approximate surface area is 194 Å². The molecule has 10 heteroatoms. The molecule has 162 valence electrons. The van der Waals surface area contributed by atoms with Crippen LogP contribution in [0, 0.1) is 0 Å². The first-order valence-electron chi connectivity index (χ1n) is 10.00. The van der Waals surface area contributed by atoms with Crippen molar-refractivity contribution in [3.05, 3.63) is 90.3 Å². The van der Waals surface area contributed by atoms with Gasteiger partial charge in [0, 0.05) is 16.1 Å². The van der Waals surface area contributed by atoms with Crippen molar-refractivity contribution in [1.82, 2.24) is 25.1 Å². The Balaban J connectivity index is 1.51. The summed E-state index contributed by atoms with van der Waals surface area (Å²) in [5, 5.41) is 11.7. The van der Waals surface area contributed by atoms with Gasteiger partial charge in [0.2, 0.25) is 17.9 Å². The van der Waals surface area contributed by atoms with Gasteiger partial charge in [0.15, 0.2) is 0 Å². The van der Waals surface area contributed by atoms with E-state index in [4.69, 9.17) is 17.3 Å². The van der Waals surface area contributed by atoms with E-state index in [2.05, 4.69) is 35.5 Å². The SMILES string of the molecule is NC(=Nc1cccc(Cl)c1)N(c1ccccc1)c1ncnc(Nc2ccc3[nH]ncc3c2)n1. The van der Waals surface area contributed by atoms with Gasteiger partial charge in [0.25, 0.3) is 0 Å². The molecule has 0 aliphatic rings. The standard InChI is InChI=1S/C23H18ClN9/c24-16-5-4-6-17(12-16)29-21(25)33(19-7-2-1-3-8-19)23-27-14-26-22(31-23)30-18-9-10-20-15(11-18)13-28-32-20/h1-14H,(H2,25,29)(H,28,32)(H,26,27,30,31). The Hall–Kier alpha value is -4.50. The van der Waals surface area contributed by atoms with Gasteiger partial charge in [0.1, 0.15) is 6.33 Å². The summed E-state index contributed by atoms with van der Waals surface area (Å²) < 4.78 is 0. The van der Waals surface area contributed by atoms with Gasteiger partial charge in [-0.25, -0.2) is 19.9 Å². The first kappa shape index (κ1) is 20.4. The fourth-order valence-electron chi connectivity index (χ4n) is 3.26. The van der Waals surface area contributed by atoms with E-state index in [0.29, 0.717) is 22.6 Å². The number of H-pyrrole nitrogens is 1. The van der Waals surface area contributed by atoms with E-state index in [1.165, 1.54) is 6.33 Å². The summed E-state index contributed by atoms with van der Waals surface area (Å²) in [5.41, 5.74) is 9.53. The molecule has 9 nitrogen and oxygen atoms in total. The van der Waals surface area contributed by atoms with Crippen molar-refractivity contribution in [2.75, 3.05) is 10.2 Å². The van der Waals surface area contributed by atoms with Crippen LogP contribution in [-0.4, -0.2) is 31.1 Å². The van der Waals surface area contributed by atoms with E-state index < -0.39 is 0 Å². The number of halogens is 1. The minimum Gasteiger partial charge on any atom is -0.369 e. The van der Waals surface area contributed by atoms with Crippen LogP contribution in [0.2, 0.25) is 5.02 Å². The molecule has 2 aromatic heterocycles. The number of nitrogens with zero attached hydrogens (tertiary/aromatic N) is 6. The normalized spacial score (nSPS) is 11.5. The van der Waals surface area contributed by atoms with Crippen molar-refractivity contribution in [2.45, 2.75) is 0 Å². The van der Waals surface area contributed by atoms with Crippen LogP contribution >= 0.6 is 11.6 Å². The molecule has 0 fully saturated rings. The van der Waals surface area contributed by atoms with Crippen molar-refractivity contribution in [1.29, 1.82) is 0 Å². The Morgan fingerprint density at radius 2 is 1.88 bits per heavy atom. The minimum atomic E-state index is 0.181. The summed E-state index contributed by atoms with van der Waals surface area (Å²) in [6.07, 6.45) is 3.17. The number of hydrogen-bond donors (Lipinski definition) is 3. The van der Waals surface area contributed by atoms with Crippen LogP contribution in [0.25, 0.3) is 10.9 Å². The van der Waals surface area contributed by atoms with E-state index in [9.17, 15) is 0 Å². The van der Waals surface area contributed by atoms with Gasteiger partial charge in [0.05, 0.1) is 23.1 Å². The van der Waals surface area contributed by atoms with Crippen LogP contribution in [0.5, 0.6) is 0 Å². The van der Waals surface area contributed by atoms with Gasteiger partial charge < -0.3 is 11.1 Å². The summed E-state index contributed by atoms with van der Waals surface area (Å²) in [4.78, 5) is 19.3. The molecule has 4 N–H and O–H groups in total. The molecular formula is C23H18ClN9. The van der Waals surface area contributed by atoms with Crippen LogP contribution in [0.1, 0.15) is 0 Å². The zero-order chi connectivity index (χ0) is 22.6. The summed E-state index contributed by atoms with van der Waals surface area (Å²) in [5.74, 6) is 0.853. The number of guanidine groups is 1. The molecule has 0 radical (unpaired) electrons. The summed E-state index contributed by atoms with van der Waals surface area (Å²) in [7, 11) is 0. The summed E-state index contributed by atoms with van der Waals surface area (Å²) >= 11 is 6.10. The van der Waals surface area contributed by atoms with Crippen molar-refractivity contribution >= 4 is 57.4 Å². The van der Waals surface area contributed by atoms with E-state index in [-0.39, 0.29) is 5.96 Å². The molecule has 5 aromatic rings. The van der Waals surface area contributed by atoms with E-state index >= 15 is 0 Å². The topological polar surface area (TPSA) is 121 Å². The number of para-hydroxylation sites is 1. The first-order chi connectivity index (χ1) is 16.2. The minimum absolute atomic E-state index is 0.181. The van der Waals surface area contributed by atoms with Gasteiger partial charge >= 0.3 is 0 Å². The van der Waals surface area contributed by atoms with Gasteiger partial charge in [-0.3, -0.25) is 5.10 Å². The highest BCUT2D eigenvalue weighted by atomic mass is 35.5. The van der Waals surface area contributed by atoms with Gasteiger partial charge in [-0.2, -0.15) is 10.1 Å². The van der Waals surface area contributed by atoms with E-state index in [1.807, 2.05) is 60.7 Å². The number of aromatic nitrogens is 5. The van der Waals surface area contributed by atoms with E-state index in [1.54, 1.807) is 23.2 Å². The number of fused-ring (bicyclic) bond motifs is 1. The Morgan fingerprint density at radius 1 is 1.00 bits per heavy atom. The fourth-order valence-corrected chi connectivity index (χ4v) is 3.44. The second kappa shape index (κ2) is 8.93. The van der Waals surface area contributed by atoms with E-state index in [0.717, 1.165) is 22.3 Å². The lowest BCUT2D eigenvalue weighted by molar-refractivity contribution is 1.02. The largest absolute Gasteiger partial charge is 0.369 e. The lowest BCUT2D eigenvalue weighted by atomic mass is 10.2. The summed E-state index contributed by atoms with van der Waals surface area (Å²) in [6.45, 7) is 0. The highest BCUT2D eigenvalue weighted by molar-refractivity contribution is 6.30. The fraction of sp³-hybridized carbons (Fsp3) is 0. The van der Waals surface area contributed by atoms with Crippen LogP contribution < -0.4 is 16.0 Å². The lowest BCUT2D eigenvalue weighted by Crippen LogP contribution is -2.34. The predicted molar refractivity (Wildman–Crippen MR) is 131 cm³/mol. The maximum atomic E-state index is 6.42. The molecule has 33 heavy (non-hydrogen) atoms. The van der Waals surface area contributed by atoms with Crippen LogP contribution in [0.3, 0.4) is 0 Å². The molecule has 0 aliphatic carbocycles. The molecule has 0 spiro atoms. The van der Waals surface area contributed by atoms with Crippen molar-refractivity contribution in [3.8, 4) is 0 Å². The van der Waals surface area contributed by atoms with Crippen LogP contribution in [0.4, 0.5) is 29.0 Å². The molecule has 0 amide bonds. The third-order valence-corrected chi connectivity index (χ3v) is 4.99. The number of aliphatic imine (C=N–C) groups is 1. The number of benzene rings is 3. The smallest absolute Gasteiger partial charge is 0.241 e. The molecular weight excluding hydrogens is 438 g/mol. The third kappa shape index (κ3) is 4.58. The zero-order valence-electron chi connectivity index (χ0n) is 17.2. The predicted octanol–water partition coefficient (Wildman–Crippen LogP) is 4.93.